The van der Waals surface area contributed by atoms with Gasteiger partial charge < -0.3 is 10.1 Å². The number of aromatic nitrogens is 1. The van der Waals surface area contributed by atoms with Crippen molar-refractivity contribution >= 4 is 21.6 Å². The maximum absolute atomic E-state index is 12.5. The van der Waals surface area contributed by atoms with E-state index < -0.39 is 16.1 Å². The number of hydrogen-bond acceptors (Lipinski definition) is 5. The largest absolute Gasteiger partial charge is 0.478 e. The molecular weight excluding hydrogens is 342 g/mol. The maximum atomic E-state index is 12.5. The third-order valence-corrected chi connectivity index (χ3v) is 5.06. The highest BCUT2D eigenvalue weighted by Gasteiger charge is 2.30. The average Bonchev–Trinajstić information content (AvgIpc) is 2.80. The summed E-state index contributed by atoms with van der Waals surface area (Å²) >= 11 is 0. The SMILES string of the molecule is CS(=O)(=O)N1CCC(C(=O)NCc2cccnc2)Oc2ccccc21. The molecule has 2 aromatic rings. The molecule has 8 heteroatoms. The zero-order valence-corrected chi connectivity index (χ0v) is 14.6. The van der Waals surface area contributed by atoms with Crippen LogP contribution in [-0.4, -0.2) is 38.2 Å². The zero-order chi connectivity index (χ0) is 17.9. The summed E-state index contributed by atoms with van der Waals surface area (Å²) in [4.78, 5) is 16.5. The van der Waals surface area contributed by atoms with Crippen LogP contribution in [0.3, 0.4) is 0 Å². The van der Waals surface area contributed by atoms with Gasteiger partial charge in [-0.2, -0.15) is 0 Å². The summed E-state index contributed by atoms with van der Waals surface area (Å²) in [5, 5.41) is 2.81. The summed E-state index contributed by atoms with van der Waals surface area (Å²) in [6.07, 6.45) is 3.99. The number of benzene rings is 1. The van der Waals surface area contributed by atoms with Gasteiger partial charge in [0.25, 0.3) is 5.91 Å². The summed E-state index contributed by atoms with van der Waals surface area (Å²) in [6, 6.07) is 10.5. The Labute approximate surface area is 146 Å². The van der Waals surface area contributed by atoms with Gasteiger partial charge >= 0.3 is 0 Å². The van der Waals surface area contributed by atoms with Crippen molar-refractivity contribution < 1.29 is 17.9 Å². The number of ether oxygens (including phenoxy) is 1. The number of rotatable bonds is 4. The molecule has 1 aromatic carbocycles. The number of nitrogens with zero attached hydrogens (tertiary/aromatic N) is 2. The maximum Gasteiger partial charge on any atom is 0.261 e. The van der Waals surface area contributed by atoms with E-state index in [1.807, 2.05) is 6.07 Å². The minimum Gasteiger partial charge on any atom is -0.478 e. The minimum absolute atomic E-state index is 0.181. The van der Waals surface area contributed by atoms with Crippen molar-refractivity contribution in [1.82, 2.24) is 10.3 Å². The van der Waals surface area contributed by atoms with Crippen molar-refractivity contribution in [2.75, 3.05) is 17.1 Å². The molecule has 2 heterocycles. The minimum atomic E-state index is -3.45. The van der Waals surface area contributed by atoms with E-state index in [2.05, 4.69) is 10.3 Å². The van der Waals surface area contributed by atoms with E-state index in [0.29, 0.717) is 18.0 Å². The van der Waals surface area contributed by atoms with Crippen molar-refractivity contribution in [2.45, 2.75) is 19.1 Å². The molecule has 0 fully saturated rings. The van der Waals surface area contributed by atoms with Crippen molar-refractivity contribution in [3.05, 3.63) is 54.4 Å². The quantitative estimate of drug-likeness (QED) is 0.887. The van der Waals surface area contributed by atoms with Crippen LogP contribution >= 0.6 is 0 Å². The number of pyridine rings is 1. The zero-order valence-electron chi connectivity index (χ0n) is 13.8. The lowest BCUT2D eigenvalue weighted by Gasteiger charge is -2.20. The first kappa shape index (κ1) is 17.2. The fourth-order valence-corrected chi connectivity index (χ4v) is 3.61. The Morgan fingerprint density at radius 3 is 2.84 bits per heavy atom. The Hall–Kier alpha value is -2.61. The molecule has 25 heavy (non-hydrogen) atoms. The molecule has 0 saturated carbocycles. The Morgan fingerprint density at radius 2 is 2.12 bits per heavy atom. The van der Waals surface area contributed by atoms with E-state index in [9.17, 15) is 13.2 Å². The molecule has 132 valence electrons. The van der Waals surface area contributed by atoms with Gasteiger partial charge in [-0.05, 0) is 23.8 Å². The smallest absolute Gasteiger partial charge is 0.261 e. The number of amides is 1. The van der Waals surface area contributed by atoms with Gasteiger partial charge in [0, 0.05) is 31.9 Å². The Kier molecular flexibility index (Phi) is 4.89. The molecule has 3 rings (SSSR count). The van der Waals surface area contributed by atoms with Gasteiger partial charge in [0.1, 0.15) is 5.75 Å². The first-order valence-corrected chi connectivity index (χ1v) is 9.70. The molecule has 1 amide bonds. The van der Waals surface area contributed by atoms with Crippen LogP contribution in [0.2, 0.25) is 0 Å². The van der Waals surface area contributed by atoms with Gasteiger partial charge in [0.15, 0.2) is 6.10 Å². The van der Waals surface area contributed by atoms with E-state index in [1.165, 1.54) is 4.31 Å². The van der Waals surface area contributed by atoms with Crippen LogP contribution in [0.4, 0.5) is 5.69 Å². The second-order valence-corrected chi connectivity index (χ2v) is 7.68. The highest BCUT2D eigenvalue weighted by atomic mass is 32.2. The normalized spacial score (nSPS) is 17.2. The standard InChI is InChI=1S/C17H19N3O4S/c1-25(22,23)20-10-8-16(24-15-7-3-2-6-14(15)20)17(21)19-12-13-5-4-9-18-11-13/h2-7,9,11,16H,8,10,12H2,1H3,(H,19,21). The first-order chi connectivity index (χ1) is 11.9. The van der Waals surface area contributed by atoms with Gasteiger partial charge in [0.05, 0.1) is 11.9 Å². The third-order valence-electron chi connectivity index (χ3n) is 3.88. The summed E-state index contributed by atoms with van der Waals surface area (Å²) in [6.45, 7) is 0.519. The van der Waals surface area contributed by atoms with E-state index in [-0.39, 0.29) is 18.9 Å². The number of hydrogen-bond donors (Lipinski definition) is 1. The molecule has 1 aliphatic rings. The molecule has 1 unspecified atom stereocenters. The van der Waals surface area contributed by atoms with Crippen molar-refractivity contribution in [3.8, 4) is 5.75 Å². The first-order valence-electron chi connectivity index (χ1n) is 7.85. The number of para-hydroxylation sites is 2. The van der Waals surface area contributed by atoms with Gasteiger partial charge in [-0.3, -0.25) is 14.1 Å². The molecule has 1 atom stereocenters. The number of carbonyl (C=O) groups excluding carboxylic acids is 1. The van der Waals surface area contributed by atoms with Crippen LogP contribution in [-0.2, 0) is 21.4 Å². The number of sulfonamides is 1. The summed E-state index contributed by atoms with van der Waals surface area (Å²) < 4.78 is 31.2. The molecule has 1 aliphatic heterocycles. The highest BCUT2D eigenvalue weighted by molar-refractivity contribution is 7.92. The van der Waals surface area contributed by atoms with Gasteiger partial charge in [0.2, 0.25) is 10.0 Å². The van der Waals surface area contributed by atoms with Crippen molar-refractivity contribution in [1.29, 1.82) is 0 Å². The van der Waals surface area contributed by atoms with Crippen LogP contribution < -0.4 is 14.4 Å². The lowest BCUT2D eigenvalue weighted by atomic mass is 10.2. The number of fused-ring (bicyclic) bond motifs is 1. The van der Waals surface area contributed by atoms with Crippen LogP contribution in [0.5, 0.6) is 5.75 Å². The summed E-state index contributed by atoms with van der Waals surface area (Å²) in [7, 11) is -3.45. The Bertz CT molecular complexity index is 855. The molecular formula is C17H19N3O4S. The molecule has 0 aliphatic carbocycles. The molecule has 0 spiro atoms. The number of nitrogens with one attached hydrogen (secondary N) is 1. The van der Waals surface area contributed by atoms with Gasteiger partial charge in [-0.25, -0.2) is 8.42 Å². The highest BCUT2D eigenvalue weighted by Crippen LogP contribution is 2.33. The molecule has 1 aromatic heterocycles. The van der Waals surface area contributed by atoms with E-state index in [1.54, 1.807) is 42.7 Å². The van der Waals surface area contributed by atoms with Crippen LogP contribution in [0, 0.1) is 0 Å². The fourth-order valence-electron chi connectivity index (χ4n) is 2.66. The number of anilines is 1. The van der Waals surface area contributed by atoms with Crippen molar-refractivity contribution in [3.63, 3.8) is 0 Å². The molecule has 0 bridgehead atoms. The molecule has 7 nitrogen and oxygen atoms in total. The van der Waals surface area contributed by atoms with Crippen molar-refractivity contribution in [2.24, 2.45) is 0 Å². The average molecular weight is 361 g/mol. The topological polar surface area (TPSA) is 88.6 Å². The van der Waals surface area contributed by atoms with Gasteiger partial charge in [-0.15, -0.1) is 0 Å². The third kappa shape index (κ3) is 4.08. The molecule has 0 saturated heterocycles. The van der Waals surface area contributed by atoms with Crippen LogP contribution in [0.15, 0.2) is 48.8 Å². The second-order valence-electron chi connectivity index (χ2n) is 5.78. The number of carbonyl (C=O) groups is 1. The predicted molar refractivity (Wildman–Crippen MR) is 93.7 cm³/mol. The van der Waals surface area contributed by atoms with Crippen LogP contribution in [0.25, 0.3) is 0 Å². The Balaban J connectivity index is 1.76. The molecule has 1 N–H and O–H groups in total. The Morgan fingerprint density at radius 1 is 1.32 bits per heavy atom. The van der Waals surface area contributed by atoms with Gasteiger partial charge in [-0.1, -0.05) is 18.2 Å². The van der Waals surface area contributed by atoms with E-state index >= 15 is 0 Å². The lowest BCUT2D eigenvalue weighted by Crippen LogP contribution is -2.39. The van der Waals surface area contributed by atoms with E-state index in [0.717, 1.165) is 11.8 Å². The predicted octanol–water partition coefficient (Wildman–Crippen LogP) is 1.32. The second kappa shape index (κ2) is 7.10. The monoisotopic (exact) mass is 361 g/mol. The molecule has 0 radical (unpaired) electrons. The lowest BCUT2D eigenvalue weighted by molar-refractivity contribution is -0.128. The van der Waals surface area contributed by atoms with E-state index in [4.69, 9.17) is 4.74 Å². The summed E-state index contributed by atoms with van der Waals surface area (Å²) in [5.41, 5.74) is 1.33. The summed E-state index contributed by atoms with van der Waals surface area (Å²) in [5.74, 6) is 0.0981. The van der Waals surface area contributed by atoms with Crippen LogP contribution in [0.1, 0.15) is 12.0 Å². The fraction of sp³-hybridized carbons (Fsp3) is 0.294.